The van der Waals surface area contributed by atoms with Crippen molar-refractivity contribution in [3.05, 3.63) is 34.1 Å². The highest BCUT2D eigenvalue weighted by Crippen LogP contribution is 2.37. The number of carbonyl (C=O) groups excluding carboxylic acids is 1. The molecule has 0 aliphatic rings. The maximum Gasteiger partial charge on any atom is 0.461 e. The van der Waals surface area contributed by atoms with Crippen LogP contribution in [0.2, 0.25) is 0 Å². The monoisotopic (exact) mass is 334 g/mol. The Hall–Kier alpha value is -1.05. The molecule has 0 amide bonds. The van der Waals surface area contributed by atoms with Gasteiger partial charge in [-0.15, -0.1) is 0 Å². The van der Waals surface area contributed by atoms with Crippen LogP contribution < -0.4 is 0 Å². The number of hydrogen-bond acceptors (Lipinski definition) is 1. The summed E-state index contributed by atoms with van der Waals surface area (Å²) in [4.78, 5) is 10.9. The Balaban J connectivity index is 2.98. The van der Waals surface area contributed by atoms with Crippen LogP contribution in [-0.2, 0) is 11.2 Å². The summed E-state index contributed by atoms with van der Waals surface area (Å²) in [5.41, 5.74) is -0.529. The summed E-state index contributed by atoms with van der Waals surface area (Å²) in [5, 5.41) is 0. The number of Topliss-reactive ketones (excluding diaryl/α,β-unsaturated/α-hetero) is 1. The van der Waals surface area contributed by atoms with Gasteiger partial charge in [-0.05, 0) is 23.8 Å². The number of rotatable bonds is 3. The molecule has 0 atom stereocenters. The van der Waals surface area contributed by atoms with Gasteiger partial charge in [0.05, 0.1) is 0 Å². The molecule has 1 nitrogen and oxygen atoms in total. The first kappa shape index (κ1) is 15.0. The fraction of sp³-hybridized carbons (Fsp3) is 0.300. The second kappa shape index (κ2) is 4.91. The van der Waals surface area contributed by atoms with Crippen LogP contribution in [-0.4, -0.2) is 17.9 Å². The number of hydrogen-bond donors (Lipinski definition) is 0. The Bertz CT molecular complexity index is 468. The summed E-state index contributed by atoms with van der Waals surface area (Å²) in [7, 11) is 0. The molecule has 0 aliphatic heterocycles. The number of carbonyl (C=O) groups is 1. The molecule has 8 heteroatoms. The average Bonchev–Trinajstić information content (AvgIpc) is 2.21. The van der Waals surface area contributed by atoms with E-state index in [2.05, 4.69) is 15.9 Å². The minimum atomic E-state index is -5.98. The van der Waals surface area contributed by atoms with Gasteiger partial charge in [-0.1, -0.05) is 15.9 Å². The molecule has 0 fully saturated rings. The normalized spacial score (nSPS) is 12.6. The van der Waals surface area contributed by atoms with Crippen LogP contribution in [0, 0.1) is 5.82 Å². The van der Waals surface area contributed by atoms with Crippen LogP contribution in [0.5, 0.6) is 0 Å². The van der Waals surface area contributed by atoms with Crippen molar-refractivity contribution in [3.8, 4) is 0 Å². The summed E-state index contributed by atoms with van der Waals surface area (Å²) in [5.74, 6) is -8.90. The average molecular weight is 335 g/mol. The first-order valence-corrected chi connectivity index (χ1v) is 5.27. The predicted octanol–water partition coefficient (Wildman–Crippen LogP) is 3.90. The van der Waals surface area contributed by atoms with Crippen molar-refractivity contribution < 1.29 is 31.1 Å². The zero-order chi connectivity index (χ0) is 14.1. The van der Waals surface area contributed by atoms with E-state index in [1.807, 2.05) is 0 Å². The van der Waals surface area contributed by atoms with Gasteiger partial charge in [-0.3, -0.25) is 4.79 Å². The van der Waals surface area contributed by atoms with Crippen molar-refractivity contribution in [3.63, 3.8) is 0 Å². The lowest BCUT2D eigenvalue weighted by molar-refractivity contribution is -0.268. The summed E-state index contributed by atoms with van der Waals surface area (Å²) in [6.45, 7) is 0. The molecule has 18 heavy (non-hydrogen) atoms. The second-order valence-corrected chi connectivity index (χ2v) is 4.32. The highest BCUT2D eigenvalue weighted by molar-refractivity contribution is 9.10. The largest absolute Gasteiger partial charge is 0.461 e. The minimum absolute atomic E-state index is 0.266. The lowest BCUT2D eigenvalue weighted by Gasteiger charge is -2.18. The van der Waals surface area contributed by atoms with Crippen LogP contribution in [0.15, 0.2) is 22.7 Å². The first-order valence-electron chi connectivity index (χ1n) is 4.47. The Morgan fingerprint density at radius 2 is 1.72 bits per heavy atom. The molecule has 0 saturated heterocycles. The van der Waals surface area contributed by atoms with Gasteiger partial charge in [-0.2, -0.15) is 22.0 Å². The highest BCUT2D eigenvalue weighted by atomic mass is 79.9. The van der Waals surface area contributed by atoms with Gasteiger partial charge in [0.2, 0.25) is 5.78 Å². The van der Waals surface area contributed by atoms with Crippen LogP contribution in [0.3, 0.4) is 0 Å². The topological polar surface area (TPSA) is 17.1 Å². The third-order valence-electron chi connectivity index (χ3n) is 2.06. The zero-order valence-electron chi connectivity index (χ0n) is 8.49. The summed E-state index contributed by atoms with van der Waals surface area (Å²) in [6.07, 6.45) is -7.32. The smallest absolute Gasteiger partial charge is 0.292 e. The molecule has 0 unspecified atom stereocenters. The zero-order valence-corrected chi connectivity index (χ0v) is 10.1. The molecule has 1 aromatic carbocycles. The Morgan fingerprint density at radius 3 is 2.22 bits per heavy atom. The van der Waals surface area contributed by atoms with Gasteiger partial charge >= 0.3 is 12.1 Å². The van der Waals surface area contributed by atoms with Crippen LogP contribution in [0.25, 0.3) is 0 Å². The Kier molecular flexibility index (Phi) is 4.09. The van der Waals surface area contributed by atoms with Crippen LogP contribution in [0.1, 0.15) is 5.56 Å². The van der Waals surface area contributed by atoms with Crippen LogP contribution in [0.4, 0.5) is 26.3 Å². The number of benzene rings is 1. The molecule has 0 saturated carbocycles. The Labute approximate surface area is 106 Å². The molecule has 0 aromatic heterocycles. The molecule has 100 valence electrons. The maximum absolute atomic E-state index is 13.1. The lowest BCUT2D eigenvalue weighted by atomic mass is 10.0. The van der Waals surface area contributed by atoms with Crippen molar-refractivity contribution in [2.75, 3.05) is 0 Å². The van der Waals surface area contributed by atoms with E-state index in [-0.39, 0.29) is 4.47 Å². The molecule has 1 rings (SSSR count). The van der Waals surface area contributed by atoms with E-state index in [1.54, 1.807) is 0 Å². The van der Waals surface area contributed by atoms with E-state index in [9.17, 15) is 31.1 Å². The molecule has 0 heterocycles. The summed E-state index contributed by atoms with van der Waals surface area (Å²) in [6, 6.07) is 3.06. The molecular formula is C10H5BrF6O. The van der Waals surface area contributed by atoms with Crippen LogP contribution >= 0.6 is 15.9 Å². The minimum Gasteiger partial charge on any atom is -0.292 e. The third kappa shape index (κ3) is 3.04. The quantitative estimate of drug-likeness (QED) is 0.766. The van der Waals surface area contributed by atoms with Crippen molar-refractivity contribution in [2.45, 2.75) is 18.5 Å². The second-order valence-electron chi connectivity index (χ2n) is 3.41. The van der Waals surface area contributed by atoms with Gasteiger partial charge in [0.25, 0.3) is 0 Å². The fourth-order valence-electron chi connectivity index (χ4n) is 1.12. The van der Waals surface area contributed by atoms with Gasteiger partial charge in [-0.25, -0.2) is 4.39 Å². The van der Waals surface area contributed by atoms with Gasteiger partial charge in [0.15, 0.2) is 0 Å². The SMILES string of the molecule is O=C(Cc1cc(Br)ccc1F)C(F)(F)C(F)(F)F. The van der Waals surface area contributed by atoms with Crippen molar-refractivity contribution >= 4 is 21.7 Å². The Morgan fingerprint density at radius 1 is 1.17 bits per heavy atom. The van der Waals surface area contributed by atoms with Gasteiger partial charge in [0.1, 0.15) is 5.82 Å². The third-order valence-corrected chi connectivity index (χ3v) is 2.56. The number of alkyl halides is 5. The summed E-state index contributed by atoms with van der Waals surface area (Å²) >= 11 is 2.89. The van der Waals surface area contributed by atoms with Crippen molar-refractivity contribution in [1.29, 1.82) is 0 Å². The molecular weight excluding hydrogens is 330 g/mol. The maximum atomic E-state index is 13.1. The molecule has 0 aliphatic carbocycles. The molecule has 0 N–H and O–H groups in total. The summed E-state index contributed by atoms with van der Waals surface area (Å²) < 4.78 is 74.3. The lowest BCUT2D eigenvalue weighted by Crippen LogP contribution is -2.44. The van der Waals surface area contributed by atoms with Crippen molar-refractivity contribution in [1.82, 2.24) is 0 Å². The van der Waals surface area contributed by atoms with E-state index in [0.717, 1.165) is 12.1 Å². The predicted molar refractivity (Wildman–Crippen MR) is 53.8 cm³/mol. The fourth-order valence-corrected chi connectivity index (χ4v) is 1.53. The standard InChI is InChI=1S/C10H5BrF6O/c11-6-1-2-7(12)5(3-6)4-8(18)9(13,14)10(15,16)17/h1-3H,4H2. The van der Waals surface area contributed by atoms with Crippen molar-refractivity contribution in [2.24, 2.45) is 0 Å². The van der Waals surface area contributed by atoms with E-state index in [4.69, 9.17) is 0 Å². The molecule has 0 spiro atoms. The van der Waals surface area contributed by atoms with E-state index in [1.165, 1.54) is 6.07 Å². The first-order chi connectivity index (χ1) is 8.05. The molecule has 0 radical (unpaired) electrons. The number of halogens is 7. The molecule has 0 bridgehead atoms. The van der Waals surface area contributed by atoms with E-state index >= 15 is 0 Å². The van der Waals surface area contributed by atoms with Gasteiger partial charge in [0, 0.05) is 10.9 Å². The van der Waals surface area contributed by atoms with Gasteiger partial charge < -0.3 is 0 Å². The highest BCUT2D eigenvalue weighted by Gasteiger charge is 2.62. The molecule has 1 aromatic rings. The number of ketones is 1. The van der Waals surface area contributed by atoms with E-state index in [0.29, 0.717) is 0 Å². The van der Waals surface area contributed by atoms with E-state index < -0.39 is 35.7 Å².